The molecule has 0 saturated heterocycles. The summed E-state index contributed by atoms with van der Waals surface area (Å²) in [6.07, 6.45) is 6.12. The molecule has 2 rings (SSSR count). The standard InChI is InChI=1S/C14H20N4O3/c1-9-3-2-4-10(6-5-9)17-14(19)11-7-13(15)16-8-12(11)18(20)21/h7-10H,2-6H2,1H3,(H2,15,16)(H,17,19). The fraction of sp³-hybridized carbons (Fsp3) is 0.571. The smallest absolute Gasteiger partial charge is 0.300 e. The largest absolute Gasteiger partial charge is 0.384 e. The molecule has 1 aromatic rings. The molecule has 2 atom stereocenters. The van der Waals surface area contributed by atoms with Gasteiger partial charge in [-0.25, -0.2) is 4.98 Å². The molecule has 0 radical (unpaired) electrons. The molecule has 0 bridgehead atoms. The van der Waals surface area contributed by atoms with Crippen LogP contribution in [0.3, 0.4) is 0 Å². The minimum Gasteiger partial charge on any atom is -0.384 e. The monoisotopic (exact) mass is 292 g/mol. The zero-order valence-electron chi connectivity index (χ0n) is 12.0. The number of anilines is 1. The van der Waals surface area contributed by atoms with E-state index in [4.69, 9.17) is 5.73 Å². The number of hydrogen-bond donors (Lipinski definition) is 2. The predicted molar refractivity (Wildman–Crippen MR) is 78.8 cm³/mol. The van der Waals surface area contributed by atoms with Crippen molar-refractivity contribution in [2.24, 2.45) is 5.92 Å². The molecule has 1 heterocycles. The summed E-state index contributed by atoms with van der Waals surface area (Å²) in [5.74, 6) is 0.313. The molecule has 21 heavy (non-hydrogen) atoms. The molecule has 2 unspecified atom stereocenters. The summed E-state index contributed by atoms with van der Waals surface area (Å²) >= 11 is 0. The quantitative estimate of drug-likeness (QED) is 0.504. The molecule has 1 amide bonds. The van der Waals surface area contributed by atoms with Gasteiger partial charge in [0.2, 0.25) is 0 Å². The number of nitrogens with two attached hydrogens (primary N) is 1. The second-order valence-electron chi connectivity index (χ2n) is 5.67. The third-order valence-electron chi connectivity index (χ3n) is 3.94. The lowest BCUT2D eigenvalue weighted by atomic mass is 10.0. The summed E-state index contributed by atoms with van der Waals surface area (Å²) in [6, 6.07) is 1.32. The topological polar surface area (TPSA) is 111 Å². The fourth-order valence-electron chi connectivity index (χ4n) is 2.69. The Kier molecular flexibility index (Phi) is 4.72. The lowest BCUT2D eigenvalue weighted by Crippen LogP contribution is -2.34. The number of nitrogens with zero attached hydrogens (tertiary/aromatic N) is 2. The van der Waals surface area contributed by atoms with Crippen LogP contribution >= 0.6 is 0 Å². The van der Waals surface area contributed by atoms with E-state index in [1.54, 1.807) is 0 Å². The Bertz CT molecular complexity index is 547. The lowest BCUT2D eigenvalue weighted by molar-refractivity contribution is -0.385. The molecule has 1 saturated carbocycles. The summed E-state index contributed by atoms with van der Waals surface area (Å²) in [4.78, 5) is 26.3. The van der Waals surface area contributed by atoms with Gasteiger partial charge in [-0.15, -0.1) is 0 Å². The van der Waals surface area contributed by atoms with Crippen LogP contribution in [0.25, 0.3) is 0 Å². The molecule has 114 valence electrons. The summed E-state index contributed by atoms with van der Waals surface area (Å²) in [5, 5.41) is 13.9. The molecule has 1 aliphatic rings. The van der Waals surface area contributed by atoms with Crippen LogP contribution in [-0.2, 0) is 0 Å². The second-order valence-corrected chi connectivity index (χ2v) is 5.67. The maximum Gasteiger partial charge on any atom is 0.300 e. The van der Waals surface area contributed by atoms with Gasteiger partial charge in [-0.1, -0.05) is 19.8 Å². The first-order valence-electron chi connectivity index (χ1n) is 7.18. The van der Waals surface area contributed by atoms with Crippen molar-refractivity contribution >= 4 is 17.4 Å². The van der Waals surface area contributed by atoms with E-state index in [1.165, 1.54) is 6.07 Å². The van der Waals surface area contributed by atoms with Gasteiger partial charge in [0.25, 0.3) is 11.6 Å². The van der Waals surface area contributed by atoms with Gasteiger partial charge in [0.15, 0.2) is 0 Å². The molecule has 1 aromatic heterocycles. The van der Waals surface area contributed by atoms with Crippen molar-refractivity contribution in [3.63, 3.8) is 0 Å². The Morgan fingerprint density at radius 1 is 1.43 bits per heavy atom. The number of nitrogens with one attached hydrogen (secondary N) is 1. The van der Waals surface area contributed by atoms with Gasteiger partial charge >= 0.3 is 0 Å². The van der Waals surface area contributed by atoms with Crippen molar-refractivity contribution in [2.75, 3.05) is 5.73 Å². The first-order valence-corrected chi connectivity index (χ1v) is 7.18. The van der Waals surface area contributed by atoms with Crippen molar-refractivity contribution in [3.8, 4) is 0 Å². The molecule has 1 aliphatic carbocycles. The van der Waals surface area contributed by atoms with E-state index in [2.05, 4.69) is 17.2 Å². The highest BCUT2D eigenvalue weighted by Gasteiger charge is 2.24. The normalized spacial score (nSPS) is 22.3. The Balaban J connectivity index is 2.13. The fourth-order valence-corrected chi connectivity index (χ4v) is 2.69. The molecule has 7 nitrogen and oxygen atoms in total. The Hall–Kier alpha value is -2.18. The first-order chi connectivity index (χ1) is 9.97. The minimum absolute atomic E-state index is 0.0233. The van der Waals surface area contributed by atoms with E-state index < -0.39 is 10.8 Å². The average molecular weight is 292 g/mol. The summed E-state index contributed by atoms with van der Waals surface area (Å²) in [5.41, 5.74) is 5.19. The zero-order chi connectivity index (χ0) is 15.4. The van der Waals surface area contributed by atoms with E-state index in [0.29, 0.717) is 5.92 Å². The van der Waals surface area contributed by atoms with Crippen LogP contribution in [0.15, 0.2) is 12.3 Å². The molecule has 0 aliphatic heterocycles. The molecular weight excluding hydrogens is 272 g/mol. The van der Waals surface area contributed by atoms with E-state index in [9.17, 15) is 14.9 Å². The number of nitro groups is 1. The maximum atomic E-state index is 12.3. The van der Waals surface area contributed by atoms with Crippen molar-refractivity contribution in [2.45, 2.75) is 45.1 Å². The molecule has 7 heteroatoms. The van der Waals surface area contributed by atoms with Crippen LogP contribution in [0.4, 0.5) is 11.5 Å². The summed E-state index contributed by atoms with van der Waals surface area (Å²) < 4.78 is 0. The number of rotatable bonds is 3. The number of pyridine rings is 1. The van der Waals surface area contributed by atoms with E-state index in [0.717, 1.165) is 38.3 Å². The van der Waals surface area contributed by atoms with Crippen LogP contribution in [-0.4, -0.2) is 21.9 Å². The van der Waals surface area contributed by atoms with Gasteiger partial charge in [-0.05, 0) is 31.2 Å². The Morgan fingerprint density at radius 3 is 2.90 bits per heavy atom. The molecule has 3 N–H and O–H groups in total. The minimum atomic E-state index is -0.615. The number of aromatic nitrogens is 1. The maximum absolute atomic E-state index is 12.3. The highest BCUT2D eigenvalue weighted by Crippen LogP contribution is 2.24. The van der Waals surface area contributed by atoms with Crippen molar-refractivity contribution < 1.29 is 9.72 Å². The summed E-state index contributed by atoms with van der Waals surface area (Å²) in [7, 11) is 0. The number of nitrogen functional groups attached to an aromatic ring is 1. The third-order valence-corrected chi connectivity index (χ3v) is 3.94. The van der Waals surface area contributed by atoms with E-state index in [-0.39, 0.29) is 23.1 Å². The van der Waals surface area contributed by atoms with Gasteiger partial charge < -0.3 is 11.1 Å². The SMILES string of the molecule is CC1CCCC(NC(=O)c2cc(N)ncc2[N+](=O)[O-])CC1. The molecular formula is C14H20N4O3. The number of carbonyl (C=O) groups excluding carboxylic acids is 1. The number of hydrogen-bond acceptors (Lipinski definition) is 5. The van der Waals surface area contributed by atoms with Crippen LogP contribution in [0.2, 0.25) is 0 Å². The van der Waals surface area contributed by atoms with E-state index >= 15 is 0 Å². The zero-order valence-corrected chi connectivity index (χ0v) is 12.0. The van der Waals surface area contributed by atoms with Crippen LogP contribution < -0.4 is 11.1 Å². The van der Waals surface area contributed by atoms with Crippen molar-refractivity contribution in [3.05, 3.63) is 27.9 Å². The van der Waals surface area contributed by atoms with Gasteiger partial charge in [0, 0.05) is 6.04 Å². The van der Waals surface area contributed by atoms with Gasteiger partial charge in [0.05, 0.1) is 4.92 Å². The first kappa shape index (κ1) is 15.2. The lowest BCUT2D eigenvalue weighted by Gasteiger charge is -2.16. The van der Waals surface area contributed by atoms with Gasteiger partial charge in [-0.2, -0.15) is 0 Å². The highest BCUT2D eigenvalue weighted by molar-refractivity contribution is 5.98. The van der Waals surface area contributed by atoms with Gasteiger partial charge in [0.1, 0.15) is 17.6 Å². The van der Waals surface area contributed by atoms with Crippen molar-refractivity contribution in [1.29, 1.82) is 0 Å². The second kappa shape index (κ2) is 6.51. The molecule has 0 spiro atoms. The average Bonchev–Trinajstić information content (AvgIpc) is 2.63. The van der Waals surface area contributed by atoms with Gasteiger partial charge in [-0.3, -0.25) is 14.9 Å². The Morgan fingerprint density at radius 2 is 2.19 bits per heavy atom. The predicted octanol–water partition coefficient (Wildman–Crippen LogP) is 2.27. The Labute approximate surface area is 123 Å². The van der Waals surface area contributed by atoms with Crippen LogP contribution in [0, 0.1) is 16.0 Å². The van der Waals surface area contributed by atoms with Crippen molar-refractivity contribution in [1.82, 2.24) is 10.3 Å². The summed E-state index contributed by atoms with van der Waals surface area (Å²) in [6.45, 7) is 2.21. The van der Waals surface area contributed by atoms with E-state index in [1.807, 2.05) is 0 Å². The third kappa shape index (κ3) is 3.90. The highest BCUT2D eigenvalue weighted by atomic mass is 16.6. The number of amides is 1. The molecule has 0 aromatic carbocycles. The van der Waals surface area contributed by atoms with Crippen LogP contribution in [0.5, 0.6) is 0 Å². The molecule has 1 fully saturated rings. The number of carbonyl (C=O) groups is 1. The van der Waals surface area contributed by atoms with Crippen LogP contribution in [0.1, 0.15) is 49.4 Å².